The number of H-pyrrole nitrogens is 1. The van der Waals surface area contributed by atoms with E-state index < -0.39 is 11.4 Å². The standard InChI is InChI=1S/C13H17N3O2/c1-8-15-10-5-4-9(6-11(10)16-8)14-7-13(2,3)12(17)18/h4-6,14H,7H2,1-3H3,(H,15,16)(H,17,18). The molecule has 0 atom stereocenters. The van der Waals surface area contributed by atoms with E-state index >= 15 is 0 Å². The van der Waals surface area contributed by atoms with Crippen LogP contribution in [0.2, 0.25) is 0 Å². The van der Waals surface area contributed by atoms with Crippen molar-refractivity contribution < 1.29 is 9.90 Å². The van der Waals surface area contributed by atoms with Crippen LogP contribution in [0.25, 0.3) is 11.0 Å². The van der Waals surface area contributed by atoms with E-state index in [-0.39, 0.29) is 0 Å². The monoisotopic (exact) mass is 247 g/mol. The maximum atomic E-state index is 11.0. The lowest BCUT2D eigenvalue weighted by Crippen LogP contribution is -2.31. The summed E-state index contributed by atoms with van der Waals surface area (Å²) < 4.78 is 0. The van der Waals surface area contributed by atoms with Crippen molar-refractivity contribution in [3.8, 4) is 0 Å². The predicted octanol–water partition coefficient (Wildman–Crippen LogP) is 2.39. The van der Waals surface area contributed by atoms with Crippen molar-refractivity contribution in [2.75, 3.05) is 11.9 Å². The Morgan fingerprint density at radius 3 is 2.89 bits per heavy atom. The first-order chi connectivity index (χ1) is 8.38. The largest absolute Gasteiger partial charge is 0.481 e. The van der Waals surface area contributed by atoms with Gasteiger partial charge in [-0.3, -0.25) is 4.79 Å². The first-order valence-corrected chi connectivity index (χ1v) is 5.82. The molecule has 1 aromatic carbocycles. The Morgan fingerprint density at radius 2 is 2.22 bits per heavy atom. The molecule has 0 saturated carbocycles. The Morgan fingerprint density at radius 1 is 1.50 bits per heavy atom. The van der Waals surface area contributed by atoms with Crippen LogP contribution in [-0.2, 0) is 4.79 Å². The summed E-state index contributed by atoms with van der Waals surface area (Å²) in [6, 6.07) is 5.75. The topological polar surface area (TPSA) is 78.0 Å². The summed E-state index contributed by atoms with van der Waals surface area (Å²) in [6.45, 7) is 5.67. The molecular weight excluding hydrogens is 230 g/mol. The average molecular weight is 247 g/mol. The molecule has 0 aliphatic rings. The molecule has 0 aliphatic heterocycles. The number of anilines is 1. The van der Waals surface area contributed by atoms with E-state index in [0.717, 1.165) is 22.5 Å². The van der Waals surface area contributed by atoms with Gasteiger partial charge in [-0.05, 0) is 39.0 Å². The molecule has 0 bridgehead atoms. The van der Waals surface area contributed by atoms with Crippen LogP contribution in [0.1, 0.15) is 19.7 Å². The number of nitrogens with one attached hydrogen (secondary N) is 2. The van der Waals surface area contributed by atoms with E-state index in [1.54, 1.807) is 13.8 Å². The summed E-state index contributed by atoms with van der Waals surface area (Å²) in [5.74, 6) is 0.0569. The molecule has 5 heteroatoms. The maximum Gasteiger partial charge on any atom is 0.310 e. The number of rotatable bonds is 4. The fourth-order valence-electron chi connectivity index (χ4n) is 1.65. The Bertz CT molecular complexity index is 587. The number of hydrogen-bond acceptors (Lipinski definition) is 3. The molecule has 0 aliphatic carbocycles. The number of aromatic amines is 1. The Hall–Kier alpha value is -2.04. The number of nitrogens with zero attached hydrogens (tertiary/aromatic N) is 1. The maximum absolute atomic E-state index is 11.0. The fourth-order valence-corrected chi connectivity index (χ4v) is 1.65. The predicted molar refractivity (Wildman–Crippen MR) is 70.7 cm³/mol. The van der Waals surface area contributed by atoms with Gasteiger partial charge in [-0.25, -0.2) is 4.98 Å². The van der Waals surface area contributed by atoms with Gasteiger partial charge in [-0.15, -0.1) is 0 Å². The molecule has 0 fully saturated rings. The minimum atomic E-state index is -0.812. The number of carboxylic acids is 1. The van der Waals surface area contributed by atoms with Crippen LogP contribution in [0, 0.1) is 12.3 Å². The molecule has 2 aromatic rings. The number of imidazole rings is 1. The van der Waals surface area contributed by atoms with E-state index in [1.807, 2.05) is 25.1 Å². The SMILES string of the molecule is Cc1nc2ccc(NCC(C)(C)C(=O)O)cc2[nH]1. The van der Waals surface area contributed by atoms with E-state index in [4.69, 9.17) is 5.11 Å². The molecule has 3 N–H and O–H groups in total. The third kappa shape index (κ3) is 2.45. The molecule has 18 heavy (non-hydrogen) atoms. The van der Waals surface area contributed by atoms with Crippen molar-refractivity contribution in [3.63, 3.8) is 0 Å². The van der Waals surface area contributed by atoms with Gasteiger partial charge in [0, 0.05) is 12.2 Å². The van der Waals surface area contributed by atoms with Gasteiger partial charge in [-0.1, -0.05) is 0 Å². The van der Waals surface area contributed by atoms with Crippen molar-refractivity contribution in [1.82, 2.24) is 9.97 Å². The number of carboxylic acid groups (broad SMARTS) is 1. The molecule has 5 nitrogen and oxygen atoms in total. The van der Waals surface area contributed by atoms with Gasteiger partial charge < -0.3 is 15.4 Å². The second-order valence-corrected chi connectivity index (χ2v) is 5.10. The number of benzene rings is 1. The highest BCUT2D eigenvalue weighted by Gasteiger charge is 2.26. The van der Waals surface area contributed by atoms with E-state index in [2.05, 4.69) is 15.3 Å². The molecule has 0 amide bonds. The first-order valence-electron chi connectivity index (χ1n) is 5.82. The molecule has 1 aromatic heterocycles. The average Bonchev–Trinajstić information content (AvgIpc) is 2.65. The zero-order valence-electron chi connectivity index (χ0n) is 10.7. The molecule has 0 saturated heterocycles. The van der Waals surface area contributed by atoms with Crippen LogP contribution < -0.4 is 5.32 Å². The fraction of sp³-hybridized carbons (Fsp3) is 0.385. The third-order valence-corrected chi connectivity index (χ3v) is 2.91. The van der Waals surface area contributed by atoms with Crippen molar-refractivity contribution in [1.29, 1.82) is 0 Å². The van der Waals surface area contributed by atoms with Gasteiger partial charge in [0.1, 0.15) is 5.82 Å². The first kappa shape index (κ1) is 12.4. The zero-order chi connectivity index (χ0) is 13.3. The highest BCUT2D eigenvalue weighted by Crippen LogP contribution is 2.20. The zero-order valence-corrected chi connectivity index (χ0v) is 10.7. The van der Waals surface area contributed by atoms with Crippen LogP contribution in [0.4, 0.5) is 5.69 Å². The van der Waals surface area contributed by atoms with Crippen LogP contribution in [0.15, 0.2) is 18.2 Å². The highest BCUT2D eigenvalue weighted by molar-refractivity contribution is 5.80. The molecule has 0 unspecified atom stereocenters. The molecule has 0 radical (unpaired) electrons. The number of aliphatic carboxylic acids is 1. The number of aromatic nitrogens is 2. The van der Waals surface area contributed by atoms with Gasteiger partial charge in [0.15, 0.2) is 0 Å². The Balaban J connectivity index is 2.15. The summed E-state index contributed by atoms with van der Waals surface area (Å²) in [5, 5.41) is 12.2. The van der Waals surface area contributed by atoms with Crippen molar-refractivity contribution in [2.24, 2.45) is 5.41 Å². The third-order valence-electron chi connectivity index (χ3n) is 2.91. The van der Waals surface area contributed by atoms with Crippen LogP contribution in [0.5, 0.6) is 0 Å². The second-order valence-electron chi connectivity index (χ2n) is 5.10. The quantitative estimate of drug-likeness (QED) is 0.775. The van der Waals surface area contributed by atoms with Gasteiger partial charge in [0.2, 0.25) is 0 Å². The summed E-state index contributed by atoms with van der Waals surface area (Å²) in [5.41, 5.74) is 1.96. The summed E-state index contributed by atoms with van der Waals surface area (Å²) in [4.78, 5) is 18.5. The number of carbonyl (C=O) groups is 1. The lowest BCUT2D eigenvalue weighted by molar-refractivity contribution is -0.146. The Labute approximate surface area is 105 Å². The molecular formula is C13H17N3O2. The molecule has 96 valence electrons. The van der Waals surface area contributed by atoms with Crippen LogP contribution in [0.3, 0.4) is 0 Å². The molecule has 0 spiro atoms. The lowest BCUT2D eigenvalue weighted by atomic mass is 9.94. The van der Waals surface area contributed by atoms with Crippen molar-refractivity contribution in [3.05, 3.63) is 24.0 Å². The van der Waals surface area contributed by atoms with E-state index in [1.165, 1.54) is 0 Å². The second kappa shape index (κ2) is 4.33. The normalized spacial score (nSPS) is 11.7. The van der Waals surface area contributed by atoms with E-state index in [9.17, 15) is 4.79 Å². The summed E-state index contributed by atoms with van der Waals surface area (Å²) in [6.07, 6.45) is 0. The lowest BCUT2D eigenvalue weighted by Gasteiger charge is -2.20. The highest BCUT2D eigenvalue weighted by atomic mass is 16.4. The number of hydrogen-bond donors (Lipinski definition) is 3. The number of fused-ring (bicyclic) bond motifs is 1. The van der Waals surface area contributed by atoms with Crippen LogP contribution in [-0.4, -0.2) is 27.6 Å². The minimum absolute atomic E-state index is 0.376. The Kier molecular flexibility index (Phi) is 2.98. The van der Waals surface area contributed by atoms with Gasteiger partial charge in [0.05, 0.1) is 16.4 Å². The number of aryl methyl sites for hydroxylation is 1. The van der Waals surface area contributed by atoms with Crippen molar-refractivity contribution in [2.45, 2.75) is 20.8 Å². The molecule has 2 rings (SSSR count). The van der Waals surface area contributed by atoms with Gasteiger partial charge in [0.25, 0.3) is 0 Å². The summed E-state index contributed by atoms with van der Waals surface area (Å²) in [7, 11) is 0. The van der Waals surface area contributed by atoms with Gasteiger partial charge >= 0.3 is 5.97 Å². The van der Waals surface area contributed by atoms with Crippen molar-refractivity contribution >= 4 is 22.7 Å². The minimum Gasteiger partial charge on any atom is -0.481 e. The van der Waals surface area contributed by atoms with E-state index in [0.29, 0.717) is 6.54 Å². The smallest absolute Gasteiger partial charge is 0.310 e. The van der Waals surface area contributed by atoms with Crippen LogP contribution >= 0.6 is 0 Å². The molecule has 1 heterocycles. The van der Waals surface area contributed by atoms with Gasteiger partial charge in [-0.2, -0.15) is 0 Å². The summed E-state index contributed by atoms with van der Waals surface area (Å²) >= 11 is 0.